The monoisotopic (exact) mass is 586 g/mol. The van der Waals surface area contributed by atoms with Crippen LogP contribution in [0.5, 0.6) is 0 Å². The number of hydrogen-bond acceptors (Lipinski definition) is 2. The molecular formula is C35H36Cl2N2O2. The normalized spacial score (nSPS) is 12.1. The van der Waals surface area contributed by atoms with Crippen LogP contribution in [0.3, 0.4) is 0 Å². The predicted molar refractivity (Wildman–Crippen MR) is 168 cm³/mol. The molecule has 0 aliphatic heterocycles. The molecular weight excluding hydrogens is 551 g/mol. The van der Waals surface area contributed by atoms with Gasteiger partial charge in [-0.1, -0.05) is 120 Å². The zero-order chi connectivity index (χ0) is 29.4. The fraction of sp³-hybridized carbons (Fsp3) is 0.257. The first-order valence-corrected chi connectivity index (χ1v) is 14.6. The average Bonchev–Trinajstić information content (AvgIpc) is 2.95. The Bertz CT molecular complexity index is 1380. The highest BCUT2D eigenvalue weighted by Gasteiger charge is 2.34. The Kier molecular flexibility index (Phi) is 10.3. The van der Waals surface area contributed by atoms with Crippen molar-refractivity contribution in [3.05, 3.63) is 141 Å². The number of benzene rings is 4. The first-order chi connectivity index (χ1) is 19.6. The lowest BCUT2D eigenvalue weighted by Crippen LogP contribution is -2.54. The molecule has 4 aromatic rings. The number of halogens is 2. The molecule has 1 atom stereocenters. The highest BCUT2D eigenvalue weighted by atomic mass is 35.5. The van der Waals surface area contributed by atoms with Crippen LogP contribution < -0.4 is 5.32 Å². The minimum absolute atomic E-state index is 0.0999. The van der Waals surface area contributed by atoms with Gasteiger partial charge in [0.15, 0.2) is 0 Å². The van der Waals surface area contributed by atoms with Gasteiger partial charge in [-0.2, -0.15) is 0 Å². The molecule has 1 N–H and O–H groups in total. The van der Waals surface area contributed by atoms with Crippen LogP contribution in [0.1, 0.15) is 55.4 Å². The second kappa shape index (κ2) is 13.8. The molecule has 0 heterocycles. The average molecular weight is 588 g/mol. The van der Waals surface area contributed by atoms with Crippen LogP contribution >= 0.6 is 23.2 Å². The summed E-state index contributed by atoms with van der Waals surface area (Å²) in [5.74, 6) is -0.588. The maximum absolute atomic E-state index is 14.5. The Morgan fingerprint density at radius 1 is 0.732 bits per heavy atom. The Hall–Kier alpha value is -3.60. The van der Waals surface area contributed by atoms with Gasteiger partial charge >= 0.3 is 0 Å². The van der Waals surface area contributed by atoms with E-state index in [9.17, 15) is 9.59 Å². The smallest absolute Gasteiger partial charge is 0.243 e. The van der Waals surface area contributed by atoms with E-state index in [2.05, 4.69) is 5.32 Å². The zero-order valence-corrected chi connectivity index (χ0v) is 25.2. The fourth-order valence-corrected chi connectivity index (χ4v) is 5.47. The van der Waals surface area contributed by atoms with E-state index in [0.717, 1.165) is 16.7 Å². The van der Waals surface area contributed by atoms with Crippen molar-refractivity contribution in [3.8, 4) is 0 Å². The number of carbonyl (C=O) groups excluding carboxylic acids is 2. The number of amides is 2. The molecule has 41 heavy (non-hydrogen) atoms. The topological polar surface area (TPSA) is 49.4 Å². The summed E-state index contributed by atoms with van der Waals surface area (Å²) in [4.78, 5) is 30.1. The lowest BCUT2D eigenvalue weighted by Gasteiger charge is -2.35. The summed E-state index contributed by atoms with van der Waals surface area (Å²) in [5.41, 5.74) is 3.14. The molecule has 4 rings (SSSR count). The summed E-state index contributed by atoms with van der Waals surface area (Å²) in [6.07, 6.45) is 0.516. The third-order valence-electron chi connectivity index (χ3n) is 6.94. The van der Waals surface area contributed by atoms with Crippen molar-refractivity contribution in [3.63, 3.8) is 0 Å². The summed E-state index contributed by atoms with van der Waals surface area (Å²) in [6.45, 7) is 5.90. The van der Waals surface area contributed by atoms with Crippen molar-refractivity contribution in [1.82, 2.24) is 10.2 Å². The minimum atomic E-state index is -0.788. The molecule has 0 bridgehead atoms. The molecule has 0 aliphatic rings. The maximum Gasteiger partial charge on any atom is 0.243 e. The van der Waals surface area contributed by atoms with Crippen LogP contribution in [-0.4, -0.2) is 28.3 Å². The van der Waals surface area contributed by atoms with Crippen LogP contribution in [0.2, 0.25) is 10.0 Å². The number of hydrogen-bond donors (Lipinski definition) is 1. The number of rotatable bonds is 10. The molecule has 0 aromatic heterocycles. The second-order valence-corrected chi connectivity index (χ2v) is 12.1. The van der Waals surface area contributed by atoms with E-state index in [0.29, 0.717) is 22.0 Å². The second-order valence-electron chi connectivity index (χ2n) is 11.2. The SMILES string of the molecule is CC(C)(C)NC(=O)[C@H](Cc1ccccc1)N(Cc1c(Cl)cccc1Cl)C(=O)CC(c1ccccc1)c1ccccc1. The molecule has 0 spiro atoms. The van der Waals surface area contributed by atoms with E-state index < -0.39 is 11.6 Å². The van der Waals surface area contributed by atoms with Crippen LogP contribution in [0.15, 0.2) is 109 Å². The van der Waals surface area contributed by atoms with E-state index in [1.165, 1.54) is 0 Å². The van der Waals surface area contributed by atoms with Crippen molar-refractivity contribution in [2.45, 2.75) is 57.7 Å². The molecule has 0 radical (unpaired) electrons. The van der Waals surface area contributed by atoms with Gasteiger partial charge in [-0.15, -0.1) is 0 Å². The van der Waals surface area contributed by atoms with Crippen molar-refractivity contribution < 1.29 is 9.59 Å². The van der Waals surface area contributed by atoms with Crippen molar-refractivity contribution in [2.75, 3.05) is 0 Å². The lowest BCUT2D eigenvalue weighted by atomic mass is 9.87. The number of nitrogens with zero attached hydrogens (tertiary/aromatic N) is 1. The summed E-state index contributed by atoms with van der Waals surface area (Å²) in [7, 11) is 0. The zero-order valence-electron chi connectivity index (χ0n) is 23.7. The Labute approximate surface area is 253 Å². The van der Waals surface area contributed by atoms with Gasteiger partial charge in [0, 0.05) is 46.5 Å². The van der Waals surface area contributed by atoms with Gasteiger partial charge in [-0.3, -0.25) is 9.59 Å². The standard InChI is InChI=1S/C35H36Cl2N2O2/c1-35(2,3)38-34(41)32(22-25-14-7-4-8-15-25)39(24-29-30(36)20-13-21-31(29)37)33(40)23-28(26-16-9-5-10-17-26)27-18-11-6-12-19-27/h4-21,28,32H,22-24H2,1-3H3,(H,38,41)/t32-/m0/s1. The van der Waals surface area contributed by atoms with E-state index >= 15 is 0 Å². The summed E-state index contributed by atoms with van der Waals surface area (Å²) >= 11 is 13.2. The molecule has 0 unspecified atom stereocenters. The van der Waals surface area contributed by atoms with Gasteiger partial charge in [-0.05, 0) is 49.6 Å². The highest BCUT2D eigenvalue weighted by Crippen LogP contribution is 2.32. The molecule has 4 nitrogen and oxygen atoms in total. The van der Waals surface area contributed by atoms with Crippen LogP contribution in [0.25, 0.3) is 0 Å². The Morgan fingerprint density at radius 2 is 1.22 bits per heavy atom. The third kappa shape index (κ3) is 8.45. The van der Waals surface area contributed by atoms with Gasteiger partial charge in [0.2, 0.25) is 11.8 Å². The minimum Gasteiger partial charge on any atom is -0.350 e. The highest BCUT2D eigenvalue weighted by molar-refractivity contribution is 6.36. The summed E-state index contributed by atoms with van der Waals surface area (Å²) < 4.78 is 0. The van der Waals surface area contributed by atoms with Crippen molar-refractivity contribution in [2.24, 2.45) is 0 Å². The Morgan fingerprint density at radius 3 is 1.71 bits per heavy atom. The molecule has 6 heteroatoms. The van der Waals surface area contributed by atoms with Gasteiger partial charge in [-0.25, -0.2) is 0 Å². The maximum atomic E-state index is 14.5. The summed E-state index contributed by atoms with van der Waals surface area (Å²) in [6, 6.07) is 34.2. The number of carbonyl (C=O) groups is 2. The molecule has 2 amide bonds. The van der Waals surface area contributed by atoms with E-state index in [1.54, 1.807) is 23.1 Å². The molecule has 0 aliphatic carbocycles. The summed E-state index contributed by atoms with van der Waals surface area (Å²) in [5, 5.41) is 4.01. The van der Waals surface area contributed by atoms with E-state index in [4.69, 9.17) is 23.2 Å². The van der Waals surface area contributed by atoms with Gasteiger partial charge in [0.1, 0.15) is 6.04 Å². The third-order valence-corrected chi connectivity index (χ3v) is 7.65. The van der Waals surface area contributed by atoms with Gasteiger partial charge in [0.25, 0.3) is 0 Å². The van der Waals surface area contributed by atoms with E-state index in [-0.39, 0.29) is 30.7 Å². The van der Waals surface area contributed by atoms with Crippen LogP contribution in [0, 0.1) is 0 Å². The fourth-order valence-electron chi connectivity index (χ4n) is 4.95. The Balaban J connectivity index is 1.79. The van der Waals surface area contributed by atoms with Crippen molar-refractivity contribution >= 4 is 35.0 Å². The molecule has 0 saturated heterocycles. The largest absolute Gasteiger partial charge is 0.350 e. The van der Waals surface area contributed by atoms with Crippen LogP contribution in [0.4, 0.5) is 0 Å². The molecule has 212 valence electrons. The number of nitrogens with one attached hydrogen (secondary N) is 1. The first-order valence-electron chi connectivity index (χ1n) is 13.8. The van der Waals surface area contributed by atoms with Crippen molar-refractivity contribution in [1.29, 1.82) is 0 Å². The molecule has 0 fully saturated rings. The van der Waals surface area contributed by atoms with Gasteiger partial charge in [0.05, 0.1) is 0 Å². The molecule has 4 aromatic carbocycles. The predicted octanol–water partition coefficient (Wildman–Crippen LogP) is 8.07. The van der Waals surface area contributed by atoms with E-state index in [1.807, 2.05) is 112 Å². The quantitative estimate of drug-likeness (QED) is 0.204. The molecule has 0 saturated carbocycles. The van der Waals surface area contributed by atoms with Crippen LogP contribution in [-0.2, 0) is 22.6 Å². The lowest BCUT2D eigenvalue weighted by molar-refractivity contribution is -0.142. The van der Waals surface area contributed by atoms with Gasteiger partial charge < -0.3 is 10.2 Å². The first kappa shape index (κ1) is 30.4.